The van der Waals surface area contributed by atoms with E-state index in [0.717, 1.165) is 25.9 Å². The Balaban J connectivity index is 2.21. The molecular formula is C12H21F3N2O2. The van der Waals surface area contributed by atoms with E-state index in [0.29, 0.717) is 13.0 Å². The van der Waals surface area contributed by atoms with Gasteiger partial charge in [0.15, 0.2) is 0 Å². The maximum absolute atomic E-state index is 11.9. The Kier molecular flexibility index (Phi) is 5.61. The first-order chi connectivity index (χ1) is 8.77. The number of carbonyl (C=O) groups excluding carboxylic acids is 1. The lowest BCUT2D eigenvalue weighted by molar-refractivity contribution is -0.173. The molecule has 0 aromatic heterocycles. The van der Waals surface area contributed by atoms with E-state index in [2.05, 4.69) is 4.90 Å². The summed E-state index contributed by atoms with van der Waals surface area (Å²) < 4.78 is 35.8. The molecule has 0 aliphatic carbocycles. The summed E-state index contributed by atoms with van der Waals surface area (Å²) in [4.78, 5) is 12.7. The van der Waals surface area contributed by atoms with Crippen LogP contribution in [0.3, 0.4) is 0 Å². The van der Waals surface area contributed by atoms with Gasteiger partial charge in [-0.25, -0.2) is 0 Å². The highest BCUT2D eigenvalue weighted by atomic mass is 19.4. The Labute approximate surface area is 111 Å². The average molecular weight is 282 g/mol. The third-order valence-corrected chi connectivity index (χ3v) is 3.44. The van der Waals surface area contributed by atoms with Crippen LogP contribution in [0, 0.1) is 5.41 Å². The van der Waals surface area contributed by atoms with Crippen LogP contribution in [0.4, 0.5) is 13.2 Å². The van der Waals surface area contributed by atoms with Crippen molar-refractivity contribution in [2.75, 3.05) is 32.8 Å². The van der Waals surface area contributed by atoms with Crippen LogP contribution in [0.15, 0.2) is 0 Å². The molecular weight excluding hydrogens is 261 g/mol. The molecule has 1 unspecified atom stereocenters. The van der Waals surface area contributed by atoms with Crippen LogP contribution in [0.2, 0.25) is 0 Å². The zero-order valence-corrected chi connectivity index (χ0v) is 11.1. The molecule has 1 rings (SSSR count). The summed E-state index contributed by atoms with van der Waals surface area (Å²) in [5, 5.41) is 11.2. The first-order valence-corrected chi connectivity index (χ1v) is 6.45. The van der Waals surface area contributed by atoms with E-state index in [4.69, 9.17) is 0 Å². The summed E-state index contributed by atoms with van der Waals surface area (Å²) in [7, 11) is 0. The molecule has 0 bridgehead atoms. The van der Waals surface area contributed by atoms with Crippen molar-refractivity contribution >= 4 is 5.91 Å². The zero-order chi connectivity index (χ0) is 14.5. The van der Waals surface area contributed by atoms with Crippen LogP contribution in [0.25, 0.3) is 0 Å². The fourth-order valence-electron chi connectivity index (χ4n) is 2.35. The summed E-state index contributed by atoms with van der Waals surface area (Å²) in [6.07, 6.45) is -2.39. The van der Waals surface area contributed by atoms with Gasteiger partial charge < -0.3 is 15.3 Å². The molecule has 1 aliphatic rings. The lowest BCUT2D eigenvalue weighted by Crippen LogP contribution is -2.44. The van der Waals surface area contributed by atoms with Gasteiger partial charge in [0.2, 0.25) is 0 Å². The highest BCUT2D eigenvalue weighted by Crippen LogP contribution is 2.28. The van der Waals surface area contributed by atoms with E-state index in [9.17, 15) is 23.1 Å². The molecule has 0 radical (unpaired) electrons. The van der Waals surface area contributed by atoms with E-state index >= 15 is 0 Å². The predicted molar refractivity (Wildman–Crippen MR) is 64.5 cm³/mol. The number of amides is 1. The van der Waals surface area contributed by atoms with Crippen LogP contribution < -0.4 is 5.32 Å². The van der Waals surface area contributed by atoms with Gasteiger partial charge in [-0.3, -0.25) is 4.79 Å². The van der Waals surface area contributed by atoms with Crippen molar-refractivity contribution in [1.29, 1.82) is 0 Å². The number of nitrogens with one attached hydrogen (secondary N) is 1. The highest BCUT2D eigenvalue weighted by molar-refractivity contribution is 5.81. The minimum absolute atomic E-state index is 0.0185. The molecule has 4 nitrogen and oxygen atoms in total. The van der Waals surface area contributed by atoms with Gasteiger partial charge in [-0.2, -0.15) is 13.2 Å². The van der Waals surface area contributed by atoms with Gasteiger partial charge >= 0.3 is 12.1 Å². The zero-order valence-electron chi connectivity index (χ0n) is 11.1. The largest absolute Gasteiger partial charge is 0.471 e. The molecule has 112 valence electrons. The molecule has 0 aromatic carbocycles. The van der Waals surface area contributed by atoms with Crippen molar-refractivity contribution < 1.29 is 23.1 Å². The van der Waals surface area contributed by atoms with Crippen molar-refractivity contribution in [3.05, 3.63) is 0 Å². The van der Waals surface area contributed by atoms with Gasteiger partial charge in [0.05, 0.1) is 0 Å². The van der Waals surface area contributed by atoms with Gasteiger partial charge in [0.25, 0.3) is 0 Å². The maximum atomic E-state index is 11.9. The average Bonchev–Trinajstić information content (AvgIpc) is 2.33. The van der Waals surface area contributed by atoms with E-state index in [1.807, 2.05) is 12.2 Å². The summed E-state index contributed by atoms with van der Waals surface area (Å²) >= 11 is 0. The summed E-state index contributed by atoms with van der Waals surface area (Å²) in [5.74, 6) is -1.88. The molecule has 1 heterocycles. The number of carbonyl (C=O) groups is 1. The van der Waals surface area contributed by atoms with E-state index < -0.39 is 12.1 Å². The van der Waals surface area contributed by atoms with Crippen LogP contribution in [-0.4, -0.2) is 54.9 Å². The number of rotatable bonds is 5. The van der Waals surface area contributed by atoms with Crippen LogP contribution in [-0.2, 0) is 4.79 Å². The second-order valence-electron chi connectivity index (χ2n) is 5.46. The lowest BCUT2D eigenvalue weighted by Gasteiger charge is -2.39. The summed E-state index contributed by atoms with van der Waals surface area (Å²) in [6, 6.07) is 0. The number of aliphatic hydroxyl groups is 1. The van der Waals surface area contributed by atoms with Gasteiger partial charge in [-0.15, -0.1) is 0 Å². The van der Waals surface area contributed by atoms with Crippen molar-refractivity contribution in [2.24, 2.45) is 5.41 Å². The monoisotopic (exact) mass is 282 g/mol. The smallest absolute Gasteiger partial charge is 0.396 e. The molecule has 1 fully saturated rings. The van der Waals surface area contributed by atoms with E-state index in [-0.39, 0.29) is 18.6 Å². The maximum Gasteiger partial charge on any atom is 0.471 e. The van der Waals surface area contributed by atoms with Crippen molar-refractivity contribution in [2.45, 2.75) is 32.4 Å². The van der Waals surface area contributed by atoms with E-state index in [1.54, 1.807) is 0 Å². The second kappa shape index (κ2) is 6.56. The van der Waals surface area contributed by atoms with Crippen LogP contribution in [0.1, 0.15) is 26.2 Å². The third kappa shape index (κ3) is 5.36. The Bertz CT molecular complexity index is 310. The molecule has 19 heavy (non-hydrogen) atoms. The summed E-state index contributed by atoms with van der Waals surface area (Å²) in [6.45, 7) is 4.41. The number of halogens is 3. The van der Waals surface area contributed by atoms with Gasteiger partial charge in [0.1, 0.15) is 0 Å². The molecule has 2 N–H and O–H groups in total. The number of piperidine rings is 1. The SMILES string of the molecule is CC1(CO)CCCN(CCCNC(=O)C(F)(F)F)C1. The number of likely N-dealkylation sites (tertiary alicyclic amines) is 1. The van der Waals surface area contributed by atoms with E-state index in [1.165, 1.54) is 0 Å². The first kappa shape index (κ1) is 16.2. The normalized spacial score (nSPS) is 25.3. The fraction of sp³-hybridized carbons (Fsp3) is 0.917. The molecule has 1 amide bonds. The minimum atomic E-state index is -4.80. The Hall–Kier alpha value is -0.820. The van der Waals surface area contributed by atoms with Gasteiger partial charge in [-0.1, -0.05) is 6.92 Å². The molecule has 0 spiro atoms. The summed E-state index contributed by atoms with van der Waals surface area (Å²) in [5.41, 5.74) is -0.118. The van der Waals surface area contributed by atoms with Gasteiger partial charge in [-0.05, 0) is 32.4 Å². The lowest BCUT2D eigenvalue weighted by atomic mass is 9.83. The molecule has 0 saturated carbocycles. The van der Waals surface area contributed by atoms with Crippen LogP contribution >= 0.6 is 0 Å². The number of aliphatic hydroxyl groups excluding tert-OH is 1. The predicted octanol–water partition coefficient (Wildman–Crippen LogP) is 1.15. The Morgan fingerprint density at radius 1 is 1.47 bits per heavy atom. The molecule has 7 heteroatoms. The fourth-order valence-corrected chi connectivity index (χ4v) is 2.35. The highest BCUT2D eigenvalue weighted by Gasteiger charge is 2.38. The minimum Gasteiger partial charge on any atom is -0.396 e. The topological polar surface area (TPSA) is 52.6 Å². The van der Waals surface area contributed by atoms with Crippen molar-refractivity contribution in [1.82, 2.24) is 10.2 Å². The number of nitrogens with zero attached hydrogens (tertiary/aromatic N) is 1. The molecule has 1 aliphatic heterocycles. The first-order valence-electron chi connectivity index (χ1n) is 6.45. The number of hydrogen-bond acceptors (Lipinski definition) is 3. The second-order valence-corrected chi connectivity index (χ2v) is 5.46. The van der Waals surface area contributed by atoms with Crippen LogP contribution in [0.5, 0.6) is 0 Å². The molecule has 0 aromatic rings. The number of alkyl halides is 3. The standard InChI is InChI=1S/C12H21F3N2O2/c1-11(9-18)4-2-6-17(8-11)7-3-5-16-10(19)12(13,14)15/h18H,2-9H2,1H3,(H,16,19). The molecule has 1 saturated heterocycles. The van der Waals surface area contributed by atoms with Crippen molar-refractivity contribution in [3.63, 3.8) is 0 Å². The Morgan fingerprint density at radius 2 is 2.16 bits per heavy atom. The molecule has 1 atom stereocenters. The Morgan fingerprint density at radius 3 is 2.74 bits per heavy atom. The van der Waals surface area contributed by atoms with Gasteiger partial charge in [0, 0.05) is 25.1 Å². The number of hydrogen-bond donors (Lipinski definition) is 2. The third-order valence-electron chi connectivity index (χ3n) is 3.44. The van der Waals surface area contributed by atoms with Crippen molar-refractivity contribution in [3.8, 4) is 0 Å². The quantitative estimate of drug-likeness (QED) is 0.744.